The van der Waals surface area contributed by atoms with Crippen molar-refractivity contribution >= 4 is 40.9 Å². The Morgan fingerprint density at radius 1 is 1.33 bits per heavy atom. The van der Waals surface area contributed by atoms with Gasteiger partial charge in [-0.1, -0.05) is 11.6 Å². The van der Waals surface area contributed by atoms with E-state index in [0.29, 0.717) is 23.1 Å². The van der Waals surface area contributed by atoms with Gasteiger partial charge in [-0.25, -0.2) is 10.2 Å². The predicted octanol–water partition coefficient (Wildman–Crippen LogP) is 3.20. The number of hydrogen-bond acceptors (Lipinski definition) is 7. The molecule has 2 rings (SSSR count). The summed E-state index contributed by atoms with van der Waals surface area (Å²) in [4.78, 5) is 37.1. The van der Waals surface area contributed by atoms with E-state index >= 15 is 0 Å². The number of fused-ring (bicyclic) bond motifs is 1. The number of ether oxygens (including phenoxy) is 1. The Balaban J connectivity index is 2.09. The lowest BCUT2D eigenvalue weighted by Crippen LogP contribution is -2.47. The lowest BCUT2D eigenvalue weighted by atomic mass is 10.1. The quantitative estimate of drug-likeness (QED) is 0.513. The molecular formula is C21H27N3O5S. The molecule has 0 aliphatic rings. The first kappa shape index (κ1) is 23.5. The molecule has 2 amide bonds. The molecule has 0 unspecified atom stereocenters. The number of carbonyl (C=O) groups is 2. The van der Waals surface area contributed by atoms with Crippen molar-refractivity contribution in [2.75, 3.05) is 12.0 Å². The summed E-state index contributed by atoms with van der Waals surface area (Å²) in [6, 6.07) is 4.50. The Morgan fingerprint density at radius 2 is 2.07 bits per heavy atom. The fourth-order valence-electron chi connectivity index (χ4n) is 2.55. The average molecular weight is 434 g/mol. The highest BCUT2D eigenvalue weighted by Crippen LogP contribution is 2.12. The highest BCUT2D eigenvalue weighted by molar-refractivity contribution is 7.98. The summed E-state index contributed by atoms with van der Waals surface area (Å²) in [6.45, 7) is 7.10. The summed E-state index contributed by atoms with van der Waals surface area (Å²) in [5.74, 6) is 0.151. The Kier molecular flexibility index (Phi) is 8.05. The van der Waals surface area contributed by atoms with Crippen molar-refractivity contribution in [3.8, 4) is 0 Å². The molecule has 1 atom stereocenters. The monoisotopic (exact) mass is 433 g/mol. The number of nitrogens with one attached hydrogen (secondary N) is 2. The maximum Gasteiger partial charge on any atom is 0.408 e. The van der Waals surface area contributed by atoms with Crippen LogP contribution in [0.15, 0.2) is 38.8 Å². The highest BCUT2D eigenvalue weighted by Gasteiger charge is 2.24. The van der Waals surface area contributed by atoms with Crippen LogP contribution in [0.1, 0.15) is 38.3 Å². The molecule has 0 bridgehead atoms. The molecule has 30 heavy (non-hydrogen) atoms. The normalized spacial score (nSPS) is 12.7. The zero-order valence-electron chi connectivity index (χ0n) is 17.8. The second kappa shape index (κ2) is 10.3. The average Bonchev–Trinajstić information content (AvgIpc) is 2.65. The maximum atomic E-state index is 12.6. The van der Waals surface area contributed by atoms with E-state index in [0.717, 1.165) is 5.56 Å². The van der Waals surface area contributed by atoms with Gasteiger partial charge in [0.2, 0.25) is 5.43 Å². The maximum absolute atomic E-state index is 12.6. The van der Waals surface area contributed by atoms with Gasteiger partial charge in [-0.15, -0.1) is 0 Å². The molecule has 0 saturated carbocycles. The van der Waals surface area contributed by atoms with Crippen LogP contribution in [0.4, 0.5) is 4.79 Å². The van der Waals surface area contributed by atoms with E-state index in [1.165, 1.54) is 12.5 Å². The number of alkyl carbamates (subject to hydrolysis) is 1. The number of thioether (sulfide) groups is 1. The third kappa shape index (κ3) is 6.91. The molecule has 162 valence electrons. The number of hydrazone groups is 1. The van der Waals surface area contributed by atoms with E-state index in [4.69, 9.17) is 9.15 Å². The van der Waals surface area contributed by atoms with Gasteiger partial charge in [0.15, 0.2) is 0 Å². The molecule has 0 aliphatic carbocycles. The van der Waals surface area contributed by atoms with Crippen LogP contribution in [0.3, 0.4) is 0 Å². The number of aryl methyl sites for hydroxylation is 1. The minimum atomic E-state index is -0.819. The summed E-state index contributed by atoms with van der Waals surface area (Å²) in [6.07, 6.45) is 4.14. The SMILES string of the molecule is CSCC[C@@H](NC(=O)OC(C)(C)C)C(=O)N/N=C\c1coc2ccc(C)cc2c1=O. The van der Waals surface area contributed by atoms with Crippen molar-refractivity contribution in [2.24, 2.45) is 5.10 Å². The third-order valence-corrected chi connectivity index (χ3v) is 4.60. The summed E-state index contributed by atoms with van der Waals surface area (Å²) < 4.78 is 10.7. The second-order valence-corrected chi connectivity index (χ2v) is 8.72. The zero-order valence-corrected chi connectivity index (χ0v) is 18.6. The van der Waals surface area contributed by atoms with Gasteiger partial charge >= 0.3 is 6.09 Å². The van der Waals surface area contributed by atoms with Crippen LogP contribution < -0.4 is 16.2 Å². The van der Waals surface area contributed by atoms with Crippen LogP contribution in [0.2, 0.25) is 0 Å². The van der Waals surface area contributed by atoms with Crippen LogP contribution in [0.5, 0.6) is 0 Å². The van der Waals surface area contributed by atoms with Crippen molar-refractivity contribution in [1.29, 1.82) is 0 Å². The van der Waals surface area contributed by atoms with E-state index in [9.17, 15) is 14.4 Å². The number of nitrogens with zero attached hydrogens (tertiary/aromatic N) is 1. The van der Waals surface area contributed by atoms with E-state index < -0.39 is 23.6 Å². The lowest BCUT2D eigenvalue weighted by Gasteiger charge is -2.22. The fraction of sp³-hybridized carbons (Fsp3) is 0.429. The molecule has 2 N–H and O–H groups in total. The third-order valence-electron chi connectivity index (χ3n) is 3.95. The molecule has 0 radical (unpaired) electrons. The van der Waals surface area contributed by atoms with Crippen molar-refractivity contribution in [1.82, 2.24) is 10.7 Å². The van der Waals surface area contributed by atoms with Gasteiger partial charge in [-0.05, 0) is 58.3 Å². The largest absolute Gasteiger partial charge is 0.463 e. The number of amides is 2. The molecular weight excluding hydrogens is 406 g/mol. The standard InChI is InChI=1S/C21H27N3O5S/c1-13-6-7-17-15(10-13)18(25)14(12-28-17)11-22-24-19(26)16(8-9-30-5)23-20(27)29-21(2,3)4/h6-7,10-12,16H,8-9H2,1-5H3,(H,23,27)(H,24,26)/b22-11-/t16-/m1/s1. The Hall–Kier alpha value is -2.81. The molecule has 1 aromatic carbocycles. The molecule has 9 heteroatoms. The van der Waals surface area contributed by atoms with Crippen molar-refractivity contribution in [3.63, 3.8) is 0 Å². The first-order chi connectivity index (χ1) is 14.1. The molecule has 1 aromatic heterocycles. The zero-order chi connectivity index (χ0) is 22.3. The summed E-state index contributed by atoms with van der Waals surface area (Å²) in [5, 5.41) is 6.86. The highest BCUT2D eigenvalue weighted by atomic mass is 32.2. The summed E-state index contributed by atoms with van der Waals surface area (Å²) in [5.41, 5.74) is 3.06. The van der Waals surface area contributed by atoms with Gasteiger partial charge < -0.3 is 14.5 Å². The lowest BCUT2D eigenvalue weighted by molar-refractivity contribution is -0.123. The van der Waals surface area contributed by atoms with Gasteiger partial charge in [0.25, 0.3) is 5.91 Å². The molecule has 8 nitrogen and oxygen atoms in total. The fourth-order valence-corrected chi connectivity index (χ4v) is 3.02. The van der Waals surface area contributed by atoms with Crippen LogP contribution >= 0.6 is 11.8 Å². The van der Waals surface area contributed by atoms with E-state index in [-0.39, 0.29) is 11.0 Å². The number of rotatable bonds is 7. The van der Waals surface area contributed by atoms with Gasteiger partial charge in [-0.2, -0.15) is 16.9 Å². The van der Waals surface area contributed by atoms with Crippen LogP contribution in [-0.2, 0) is 9.53 Å². The Bertz CT molecular complexity index is 994. The molecule has 2 aromatic rings. The van der Waals surface area contributed by atoms with Crippen molar-refractivity contribution in [3.05, 3.63) is 45.8 Å². The van der Waals surface area contributed by atoms with E-state index in [1.807, 2.05) is 19.2 Å². The predicted molar refractivity (Wildman–Crippen MR) is 119 cm³/mol. The summed E-state index contributed by atoms with van der Waals surface area (Å²) >= 11 is 1.55. The van der Waals surface area contributed by atoms with Gasteiger partial charge in [0, 0.05) is 0 Å². The molecule has 0 fully saturated rings. The topological polar surface area (TPSA) is 110 Å². The minimum absolute atomic E-state index is 0.203. The van der Waals surface area contributed by atoms with Crippen LogP contribution in [-0.4, -0.2) is 41.9 Å². The first-order valence-electron chi connectivity index (χ1n) is 9.44. The number of benzene rings is 1. The van der Waals surface area contributed by atoms with Crippen molar-refractivity contribution < 1.29 is 18.7 Å². The Labute approximate surface area is 179 Å². The van der Waals surface area contributed by atoms with E-state index in [2.05, 4.69) is 15.8 Å². The number of hydrogen-bond donors (Lipinski definition) is 2. The van der Waals surface area contributed by atoms with Gasteiger partial charge in [-0.3, -0.25) is 9.59 Å². The molecule has 0 spiro atoms. The molecule has 1 heterocycles. The van der Waals surface area contributed by atoms with Crippen LogP contribution in [0, 0.1) is 6.92 Å². The molecule has 0 aliphatic heterocycles. The Morgan fingerprint density at radius 3 is 2.73 bits per heavy atom. The second-order valence-electron chi connectivity index (χ2n) is 7.73. The first-order valence-corrected chi connectivity index (χ1v) is 10.8. The minimum Gasteiger partial charge on any atom is -0.463 e. The molecule has 0 saturated heterocycles. The van der Waals surface area contributed by atoms with Gasteiger partial charge in [0.05, 0.1) is 17.2 Å². The van der Waals surface area contributed by atoms with E-state index in [1.54, 1.807) is 44.7 Å². The van der Waals surface area contributed by atoms with Gasteiger partial charge in [0.1, 0.15) is 23.5 Å². The smallest absolute Gasteiger partial charge is 0.408 e. The number of carbonyl (C=O) groups excluding carboxylic acids is 2. The summed E-state index contributed by atoms with van der Waals surface area (Å²) in [7, 11) is 0. The van der Waals surface area contributed by atoms with Crippen molar-refractivity contribution in [2.45, 2.75) is 45.8 Å². The van der Waals surface area contributed by atoms with Crippen LogP contribution in [0.25, 0.3) is 11.0 Å².